The van der Waals surface area contributed by atoms with Crippen LogP contribution in [-0.2, 0) is 16.1 Å². The Hall–Kier alpha value is -3.46. The fourth-order valence-electron chi connectivity index (χ4n) is 4.85. The molecular formula is C25H31N7O2. The highest BCUT2D eigenvalue weighted by atomic mass is 16.2. The van der Waals surface area contributed by atoms with Gasteiger partial charge in [0.25, 0.3) is 5.91 Å². The summed E-state index contributed by atoms with van der Waals surface area (Å²) in [5.74, 6) is 1.29. The van der Waals surface area contributed by atoms with Crippen LogP contribution < -0.4 is 15.5 Å². The Morgan fingerprint density at radius 3 is 2.62 bits per heavy atom. The zero-order chi connectivity index (χ0) is 23.5. The summed E-state index contributed by atoms with van der Waals surface area (Å²) in [6.07, 6.45) is 6.89. The molecule has 2 N–H and O–H groups in total. The quantitative estimate of drug-likeness (QED) is 0.623. The van der Waals surface area contributed by atoms with E-state index in [0.29, 0.717) is 49.6 Å². The van der Waals surface area contributed by atoms with Crippen LogP contribution in [0.1, 0.15) is 36.8 Å². The molecule has 0 aliphatic carbocycles. The van der Waals surface area contributed by atoms with Gasteiger partial charge in [0.2, 0.25) is 5.91 Å². The Kier molecular flexibility index (Phi) is 6.44. The van der Waals surface area contributed by atoms with Crippen molar-refractivity contribution < 1.29 is 9.59 Å². The second-order valence-corrected chi connectivity index (χ2v) is 9.19. The molecule has 4 bridgehead atoms. The average molecular weight is 462 g/mol. The summed E-state index contributed by atoms with van der Waals surface area (Å²) in [5, 5.41) is 6.17. The molecule has 1 aromatic heterocycles. The van der Waals surface area contributed by atoms with E-state index in [9.17, 15) is 9.59 Å². The highest BCUT2D eigenvalue weighted by Gasteiger charge is 2.32. The van der Waals surface area contributed by atoms with Crippen molar-refractivity contribution >= 4 is 34.7 Å². The number of nitrogens with zero attached hydrogens (tertiary/aromatic N) is 5. The number of carbonyl (C=O) groups excluding carboxylic acids is 2. The zero-order valence-electron chi connectivity index (χ0n) is 19.6. The number of amides is 2. The van der Waals surface area contributed by atoms with E-state index in [1.165, 1.54) is 11.9 Å². The van der Waals surface area contributed by atoms with E-state index in [0.717, 1.165) is 43.9 Å². The molecule has 0 atom stereocenters. The predicted octanol–water partition coefficient (Wildman–Crippen LogP) is 2.54. The smallest absolute Gasteiger partial charge is 0.259 e. The van der Waals surface area contributed by atoms with Crippen LogP contribution in [0.3, 0.4) is 0 Å². The molecule has 1 fully saturated rings. The number of aromatic nitrogens is 2. The third-order valence-corrected chi connectivity index (χ3v) is 6.70. The SMILES string of the molecule is CN1CCCCCC(=O)N2CCN(CC2)c2ncnc3c2/C(=C/Nc2cccc(c2)C1)C(=O)N3. The molecule has 9 nitrogen and oxygen atoms in total. The molecule has 6 rings (SSSR count). The van der Waals surface area contributed by atoms with Crippen LogP contribution in [-0.4, -0.2) is 71.4 Å². The molecule has 0 radical (unpaired) electrons. The Balaban J connectivity index is 1.46. The number of rotatable bonds is 0. The fourth-order valence-corrected chi connectivity index (χ4v) is 4.85. The summed E-state index contributed by atoms with van der Waals surface area (Å²) in [4.78, 5) is 40.7. The topological polar surface area (TPSA) is 93.7 Å². The predicted molar refractivity (Wildman–Crippen MR) is 132 cm³/mol. The summed E-state index contributed by atoms with van der Waals surface area (Å²) in [7, 11) is 2.13. The highest BCUT2D eigenvalue weighted by Crippen LogP contribution is 2.36. The number of nitrogens with one attached hydrogen (secondary N) is 2. The second kappa shape index (κ2) is 9.80. The fraction of sp³-hybridized carbons (Fsp3) is 0.440. The third kappa shape index (κ3) is 4.75. The van der Waals surface area contributed by atoms with Gasteiger partial charge in [-0.25, -0.2) is 9.97 Å². The molecular weight excluding hydrogens is 430 g/mol. The first-order valence-electron chi connectivity index (χ1n) is 12.0. The van der Waals surface area contributed by atoms with Crippen LogP contribution >= 0.6 is 0 Å². The van der Waals surface area contributed by atoms with Crippen molar-refractivity contribution in [1.29, 1.82) is 0 Å². The number of fused-ring (bicyclic) bond motifs is 10. The largest absolute Gasteiger partial charge is 0.361 e. The van der Waals surface area contributed by atoms with E-state index in [2.05, 4.69) is 49.6 Å². The number of hydrogen-bond donors (Lipinski definition) is 2. The van der Waals surface area contributed by atoms with Crippen molar-refractivity contribution in [2.24, 2.45) is 0 Å². The Labute approximate surface area is 199 Å². The van der Waals surface area contributed by atoms with Crippen LogP contribution in [0.5, 0.6) is 0 Å². The maximum Gasteiger partial charge on any atom is 0.259 e. The molecule has 1 saturated heterocycles. The molecule has 0 saturated carbocycles. The second-order valence-electron chi connectivity index (χ2n) is 9.19. The number of hydrogen-bond acceptors (Lipinski definition) is 7. The van der Waals surface area contributed by atoms with Crippen molar-refractivity contribution in [1.82, 2.24) is 19.8 Å². The van der Waals surface area contributed by atoms with E-state index in [4.69, 9.17) is 0 Å². The molecule has 0 unspecified atom stereocenters. The normalized spacial score (nSPS) is 21.4. The van der Waals surface area contributed by atoms with Gasteiger partial charge in [-0.2, -0.15) is 0 Å². The minimum absolute atomic E-state index is 0.198. The molecule has 4 aliphatic rings. The van der Waals surface area contributed by atoms with E-state index in [1.807, 2.05) is 17.0 Å². The van der Waals surface area contributed by atoms with Gasteiger partial charge in [-0.1, -0.05) is 18.6 Å². The molecule has 5 heterocycles. The lowest BCUT2D eigenvalue weighted by Gasteiger charge is -2.36. The first-order chi connectivity index (χ1) is 16.6. The molecule has 2 amide bonds. The van der Waals surface area contributed by atoms with Crippen LogP contribution in [0.15, 0.2) is 36.8 Å². The van der Waals surface area contributed by atoms with Gasteiger partial charge in [-0.3, -0.25) is 9.59 Å². The maximum absolute atomic E-state index is 12.8. The van der Waals surface area contributed by atoms with Gasteiger partial charge in [-0.15, -0.1) is 0 Å². The number of piperazine rings is 1. The van der Waals surface area contributed by atoms with Gasteiger partial charge in [0, 0.05) is 51.0 Å². The van der Waals surface area contributed by atoms with Crippen LogP contribution in [0.2, 0.25) is 0 Å². The summed E-state index contributed by atoms with van der Waals surface area (Å²) in [5.41, 5.74) is 3.36. The van der Waals surface area contributed by atoms with Crippen molar-refractivity contribution in [3.63, 3.8) is 0 Å². The van der Waals surface area contributed by atoms with E-state index in [-0.39, 0.29) is 11.8 Å². The summed E-state index contributed by atoms with van der Waals surface area (Å²) >= 11 is 0. The van der Waals surface area contributed by atoms with Crippen molar-refractivity contribution in [2.45, 2.75) is 32.2 Å². The van der Waals surface area contributed by atoms with Gasteiger partial charge in [0.1, 0.15) is 18.0 Å². The summed E-state index contributed by atoms with van der Waals surface area (Å²) < 4.78 is 0. The van der Waals surface area contributed by atoms with Crippen LogP contribution in [0.4, 0.5) is 17.3 Å². The molecule has 178 valence electrons. The first-order valence-corrected chi connectivity index (χ1v) is 12.0. The van der Waals surface area contributed by atoms with Gasteiger partial charge in [0.15, 0.2) is 0 Å². The monoisotopic (exact) mass is 461 g/mol. The lowest BCUT2D eigenvalue weighted by molar-refractivity contribution is -0.131. The highest BCUT2D eigenvalue weighted by molar-refractivity contribution is 6.32. The molecule has 1 aromatic carbocycles. The molecule has 0 spiro atoms. The Morgan fingerprint density at radius 2 is 1.76 bits per heavy atom. The standard InChI is InChI=1S/C25H31N7O2/c1-30-9-4-2-3-8-21(33)31-10-12-32(13-11-31)24-22-20(25(34)29-23(22)27-17-28-24)15-26-19-7-5-6-18(14-19)16-30/h5-7,14-15,17,26H,2-4,8-13,16H2,1H3,(H,27,28,29,34)/b20-15-. The first kappa shape index (κ1) is 22.3. The molecule has 9 heteroatoms. The average Bonchev–Trinajstić information content (AvgIpc) is 3.17. The van der Waals surface area contributed by atoms with Crippen LogP contribution in [0.25, 0.3) is 5.57 Å². The van der Waals surface area contributed by atoms with Crippen molar-refractivity contribution in [3.05, 3.63) is 47.9 Å². The van der Waals surface area contributed by atoms with Gasteiger partial charge in [-0.05, 0) is 44.1 Å². The lowest BCUT2D eigenvalue weighted by atomic mass is 10.1. The zero-order valence-corrected chi connectivity index (χ0v) is 19.6. The number of benzene rings is 1. The van der Waals surface area contributed by atoms with E-state index >= 15 is 0 Å². The number of anilines is 3. The Morgan fingerprint density at radius 1 is 0.941 bits per heavy atom. The Bertz CT molecular complexity index is 1110. The minimum atomic E-state index is -0.198. The van der Waals surface area contributed by atoms with Crippen molar-refractivity contribution in [2.75, 3.05) is 55.3 Å². The van der Waals surface area contributed by atoms with Gasteiger partial charge >= 0.3 is 0 Å². The third-order valence-electron chi connectivity index (χ3n) is 6.70. The van der Waals surface area contributed by atoms with E-state index in [1.54, 1.807) is 6.20 Å². The maximum atomic E-state index is 12.8. The van der Waals surface area contributed by atoms with Crippen LogP contribution in [0, 0.1) is 0 Å². The summed E-state index contributed by atoms with van der Waals surface area (Å²) in [6, 6.07) is 8.25. The van der Waals surface area contributed by atoms with Crippen molar-refractivity contribution in [3.8, 4) is 0 Å². The molecule has 2 aromatic rings. The minimum Gasteiger partial charge on any atom is -0.361 e. The van der Waals surface area contributed by atoms with Gasteiger partial charge < -0.3 is 25.3 Å². The lowest BCUT2D eigenvalue weighted by Crippen LogP contribution is -2.49. The van der Waals surface area contributed by atoms with Gasteiger partial charge in [0.05, 0.1) is 11.1 Å². The number of carbonyl (C=O) groups is 2. The molecule has 34 heavy (non-hydrogen) atoms. The summed E-state index contributed by atoms with van der Waals surface area (Å²) in [6.45, 7) is 4.51. The molecule has 4 aliphatic heterocycles. The van der Waals surface area contributed by atoms with E-state index < -0.39 is 0 Å².